The summed E-state index contributed by atoms with van der Waals surface area (Å²) in [7, 11) is 0. The van der Waals surface area contributed by atoms with Gasteiger partial charge in [-0.2, -0.15) is 0 Å². The lowest BCUT2D eigenvalue weighted by molar-refractivity contribution is -0.122. The van der Waals surface area contributed by atoms with E-state index in [0.29, 0.717) is 22.3 Å². The Morgan fingerprint density at radius 3 is 2.40 bits per heavy atom. The zero-order chi connectivity index (χ0) is 30.0. The van der Waals surface area contributed by atoms with E-state index in [9.17, 15) is 19.3 Å². The van der Waals surface area contributed by atoms with Crippen molar-refractivity contribution in [1.29, 1.82) is 0 Å². The summed E-state index contributed by atoms with van der Waals surface area (Å²) in [6.45, 7) is 9.02. The third kappa shape index (κ3) is 5.83. The van der Waals surface area contributed by atoms with Gasteiger partial charge in [-0.15, -0.1) is 4.91 Å². The maximum absolute atomic E-state index is 13.4. The molecule has 3 heterocycles. The first-order chi connectivity index (χ1) is 20.9. The molecule has 1 unspecified atom stereocenters. The zero-order valence-corrected chi connectivity index (χ0v) is 24.2. The predicted octanol–water partition coefficient (Wildman–Crippen LogP) is 3.76. The number of fused-ring (bicyclic) bond motifs is 1. The highest BCUT2D eigenvalue weighted by Gasteiger charge is 2.48. The number of rotatable bonds is 7. The summed E-state index contributed by atoms with van der Waals surface area (Å²) in [4.78, 5) is 56.4. The number of urea groups is 1. The van der Waals surface area contributed by atoms with Gasteiger partial charge in [0.2, 0.25) is 5.54 Å². The van der Waals surface area contributed by atoms with Gasteiger partial charge in [-0.05, 0) is 47.3 Å². The van der Waals surface area contributed by atoms with Gasteiger partial charge >= 0.3 is 6.03 Å². The highest BCUT2D eigenvalue weighted by atomic mass is 16.3. The normalized spacial score (nSPS) is 22.9. The van der Waals surface area contributed by atoms with Crippen molar-refractivity contribution in [3.05, 3.63) is 75.7 Å². The van der Waals surface area contributed by atoms with Gasteiger partial charge in [-0.25, -0.2) is 4.79 Å². The summed E-state index contributed by atoms with van der Waals surface area (Å²) >= 11 is 0. The van der Waals surface area contributed by atoms with Crippen molar-refractivity contribution in [1.82, 2.24) is 25.3 Å². The molecule has 1 saturated carbocycles. The minimum Gasteiger partial charge on any atom is -0.330 e. The molecule has 4 amide bonds. The molecule has 0 radical (unpaired) electrons. The fraction of sp³-hybridized carbons (Fsp3) is 0.424. The summed E-state index contributed by atoms with van der Waals surface area (Å²) in [5.74, 6) is 5.01. The summed E-state index contributed by atoms with van der Waals surface area (Å²) in [6, 6.07) is 11.2. The van der Waals surface area contributed by atoms with Crippen LogP contribution in [0.15, 0.2) is 48.2 Å². The number of amides is 4. The van der Waals surface area contributed by atoms with Crippen LogP contribution in [0.2, 0.25) is 0 Å². The van der Waals surface area contributed by atoms with E-state index in [-0.39, 0.29) is 24.7 Å². The maximum atomic E-state index is 13.4. The molecule has 6 rings (SSSR count). The largest absolute Gasteiger partial charge is 0.330 e. The Balaban J connectivity index is 1.13. The standard InChI is InChI=1S/C33H36N6O4/c1-2-27-28(36-43)13-12-25-21-39(30(40)29(25)27)22-33(31(41)34-32(42)35-33)15-14-23-8-10-24(11-9-23)20-37-16-18-38(19-17-37)26-6-4-3-5-7-26/h2,8-13,26H,1,3-7,16-22H2,(H2,34,35,41,42). The number of carbonyl (C=O) groups excluding carboxylic acids is 3. The van der Waals surface area contributed by atoms with Crippen molar-refractivity contribution in [2.75, 3.05) is 32.7 Å². The average molecular weight is 581 g/mol. The first kappa shape index (κ1) is 28.8. The van der Waals surface area contributed by atoms with Crippen molar-refractivity contribution < 1.29 is 14.4 Å². The lowest BCUT2D eigenvalue weighted by Gasteiger charge is -2.40. The van der Waals surface area contributed by atoms with Crippen LogP contribution in [0.1, 0.15) is 64.7 Å². The minimum atomic E-state index is -1.62. The van der Waals surface area contributed by atoms with Crippen LogP contribution in [0.25, 0.3) is 6.08 Å². The summed E-state index contributed by atoms with van der Waals surface area (Å²) in [5.41, 5.74) is 1.76. The van der Waals surface area contributed by atoms with Crippen LogP contribution >= 0.6 is 0 Å². The Kier molecular flexibility index (Phi) is 8.10. The van der Waals surface area contributed by atoms with Crippen LogP contribution in [0.3, 0.4) is 0 Å². The fourth-order valence-corrected chi connectivity index (χ4v) is 6.77. The summed E-state index contributed by atoms with van der Waals surface area (Å²) < 4.78 is 0. The molecule has 2 aromatic rings. The monoisotopic (exact) mass is 580 g/mol. The molecular weight excluding hydrogens is 544 g/mol. The molecule has 3 aliphatic heterocycles. The molecule has 43 heavy (non-hydrogen) atoms. The van der Waals surface area contributed by atoms with Crippen molar-refractivity contribution in [2.24, 2.45) is 5.18 Å². The van der Waals surface area contributed by atoms with Gasteiger partial charge in [0.1, 0.15) is 5.69 Å². The maximum Gasteiger partial charge on any atom is 0.323 e. The topological polar surface area (TPSA) is 114 Å². The summed E-state index contributed by atoms with van der Waals surface area (Å²) in [6.07, 6.45) is 8.21. The number of nitrogens with zero attached hydrogens (tertiary/aromatic N) is 4. The predicted molar refractivity (Wildman–Crippen MR) is 163 cm³/mol. The molecule has 2 aromatic carbocycles. The van der Waals surface area contributed by atoms with Gasteiger partial charge in [-0.3, -0.25) is 24.7 Å². The number of carbonyl (C=O) groups is 3. The van der Waals surface area contributed by atoms with Crippen LogP contribution in [0, 0.1) is 16.7 Å². The van der Waals surface area contributed by atoms with Gasteiger partial charge in [0.05, 0.1) is 12.1 Å². The Bertz CT molecular complexity index is 1510. The molecule has 1 aliphatic carbocycles. The second-order valence-corrected chi connectivity index (χ2v) is 11.9. The molecule has 3 fully saturated rings. The SMILES string of the molecule is C=Cc1c(N=O)ccc2c1C(=O)N(CC1(C#Cc3ccc(CN4CCN(C5CCCCC5)CC4)cc3)NC(=O)NC1=O)C2. The van der Waals surface area contributed by atoms with E-state index in [1.54, 1.807) is 12.1 Å². The van der Waals surface area contributed by atoms with Gasteiger partial charge in [0.25, 0.3) is 11.8 Å². The minimum absolute atomic E-state index is 0.121. The van der Waals surface area contributed by atoms with Gasteiger partial charge in [0, 0.05) is 56.4 Å². The van der Waals surface area contributed by atoms with Gasteiger partial charge < -0.3 is 10.2 Å². The third-order valence-electron chi connectivity index (χ3n) is 9.12. The van der Waals surface area contributed by atoms with Crippen LogP contribution in [-0.2, 0) is 17.9 Å². The molecule has 2 saturated heterocycles. The first-order valence-corrected chi connectivity index (χ1v) is 15.0. The number of hydrogen-bond donors (Lipinski definition) is 2. The van der Waals surface area contributed by atoms with Crippen LogP contribution in [0.5, 0.6) is 0 Å². The Morgan fingerprint density at radius 1 is 1.00 bits per heavy atom. The quantitative estimate of drug-likeness (QED) is 0.293. The van der Waals surface area contributed by atoms with Crippen LogP contribution in [0.4, 0.5) is 10.5 Å². The molecule has 1 atom stereocenters. The second kappa shape index (κ2) is 12.1. The lowest BCUT2D eigenvalue weighted by Crippen LogP contribution is -2.54. The molecule has 10 nitrogen and oxygen atoms in total. The van der Waals surface area contributed by atoms with E-state index in [2.05, 4.69) is 44.0 Å². The van der Waals surface area contributed by atoms with E-state index in [1.807, 2.05) is 24.3 Å². The van der Waals surface area contributed by atoms with E-state index < -0.39 is 17.5 Å². The molecule has 4 aliphatic rings. The molecule has 222 valence electrons. The molecule has 0 spiro atoms. The Hall–Kier alpha value is -4.33. The van der Waals surface area contributed by atoms with E-state index in [0.717, 1.165) is 38.8 Å². The van der Waals surface area contributed by atoms with Crippen molar-refractivity contribution in [3.63, 3.8) is 0 Å². The van der Waals surface area contributed by atoms with Crippen LogP contribution in [-0.4, -0.2) is 76.8 Å². The average Bonchev–Trinajstić information content (AvgIpc) is 3.50. The lowest BCUT2D eigenvalue weighted by atomic mass is 9.94. The van der Waals surface area contributed by atoms with Crippen molar-refractivity contribution in [2.45, 2.75) is 56.8 Å². The smallest absolute Gasteiger partial charge is 0.323 e. The molecular formula is C33H36N6O4. The second-order valence-electron chi connectivity index (χ2n) is 11.9. The number of nitroso groups, excluding NO2 is 1. The molecule has 10 heteroatoms. The Morgan fingerprint density at radius 2 is 1.74 bits per heavy atom. The first-order valence-electron chi connectivity index (χ1n) is 15.0. The molecule has 2 N–H and O–H groups in total. The van der Waals surface area contributed by atoms with Crippen LogP contribution < -0.4 is 10.6 Å². The van der Waals surface area contributed by atoms with E-state index in [1.165, 1.54) is 48.6 Å². The Labute approximate surface area is 251 Å². The molecule has 0 bridgehead atoms. The van der Waals surface area contributed by atoms with Gasteiger partial charge in [0.15, 0.2) is 0 Å². The number of imide groups is 1. The van der Waals surface area contributed by atoms with Crippen molar-refractivity contribution >= 4 is 29.6 Å². The number of piperazine rings is 1. The van der Waals surface area contributed by atoms with E-state index in [4.69, 9.17) is 0 Å². The number of hydrogen-bond acceptors (Lipinski definition) is 7. The number of nitrogens with one attached hydrogen (secondary N) is 2. The molecule has 0 aromatic heterocycles. The zero-order valence-electron chi connectivity index (χ0n) is 24.2. The summed E-state index contributed by atoms with van der Waals surface area (Å²) in [5, 5.41) is 7.90. The highest BCUT2D eigenvalue weighted by Crippen LogP contribution is 2.34. The fourth-order valence-electron chi connectivity index (χ4n) is 6.77. The highest BCUT2D eigenvalue weighted by molar-refractivity contribution is 6.10. The third-order valence-corrected chi connectivity index (χ3v) is 9.12. The van der Waals surface area contributed by atoms with Gasteiger partial charge in [-0.1, -0.05) is 62.0 Å². The number of benzene rings is 2. The van der Waals surface area contributed by atoms with Crippen molar-refractivity contribution in [3.8, 4) is 11.8 Å². The van der Waals surface area contributed by atoms with E-state index >= 15 is 0 Å².